The van der Waals surface area contributed by atoms with Crippen molar-refractivity contribution in [2.45, 2.75) is 31.7 Å². The van der Waals surface area contributed by atoms with E-state index in [0.717, 1.165) is 17.7 Å². The van der Waals surface area contributed by atoms with Crippen molar-refractivity contribution < 1.29 is 35.8 Å². The lowest BCUT2D eigenvalue weighted by atomic mass is 9.98. The van der Waals surface area contributed by atoms with Gasteiger partial charge >= 0.3 is 16.3 Å². The van der Waals surface area contributed by atoms with Gasteiger partial charge in [0.1, 0.15) is 29.6 Å². The second kappa shape index (κ2) is 13.6. The van der Waals surface area contributed by atoms with E-state index < -0.39 is 52.0 Å². The number of piperazine rings is 1. The number of benzene rings is 3. The van der Waals surface area contributed by atoms with Crippen LogP contribution in [-0.2, 0) is 39.4 Å². The number of carbonyl (C=O) groups excluding carboxylic acids is 3. The molecule has 0 unspecified atom stereocenters. The van der Waals surface area contributed by atoms with Crippen LogP contribution in [0.15, 0.2) is 85.5 Å². The number of nitrogens with two attached hydrogens (primary N) is 1. The Labute approximate surface area is 264 Å². The van der Waals surface area contributed by atoms with Crippen LogP contribution < -0.4 is 14.6 Å². The minimum atomic E-state index is -4.26. The zero-order valence-electron chi connectivity index (χ0n) is 24.6. The molecule has 46 heavy (non-hydrogen) atoms. The fourth-order valence-corrected chi connectivity index (χ4v) is 5.97. The van der Waals surface area contributed by atoms with E-state index in [4.69, 9.17) is 5.14 Å². The molecule has 2 fully saturated rings. The highest BCUT2D eigenvalue weighted by Gasteiger charge is 2.51. The molecule has 2 atom stereocenters. The van der Waals surface area contributed by atoms with Gasteiger partial charge in [0.25, 0.3) is 0 Å². The number of hydrazine groups is 1. The molecule has 3 aromatic rings. The Morgan fingerprint density at radius 2 is 1.76 bits per heavy atom. The maximum atomic E-state index is 14.8. The Bertz CT molecular complexity index is 1730. The van der Waals surface area contributed by atoms with Crippen LogP contribution in [0.5, 0.6) is 5.75 Å². The van der Waals surface area contributed by atoms with E-state index in [2.05, 4.69) is 16.1 Å². The number of hydrogen-bond donors (Lipinski definition) is 2. The summed E-state index contributed by atoms with van der Waals surface area (Å²) in [5, 5.41) is 10.7. The standard InChI is InChI=1S/C31H32F2N6O6S/c1-2-14-37-20-29(40)38-27(15-21-8-12-25(13-9-21)45-46(34,43)44)30(41)36(18-23-10-11-24(32)16-26(23)33)19-28(38)39(37)31(42)35-17-22-6-4-3-5-7-22/h2-13,16,27-28H,1,14-15,17-20H2,(H,35,42)(H2,34,43,44)/t27-,28-/m0/s1. The van der Waals surface area contributed by atoms with Crippen LogP contribution in [0.4, 0.5) is 13.6 Å². The van der Waals surface area contributed by atoms with Gasteiger partial charge in [0.2, 0.25) is 11.8 Å². The van der Waals surface area contributed by atoms with Crippen molar-refractivity contribution in [3.05, 3.63) is 114 Å². The maximum Gasteiger partial charge on any atom is 0.380 e. The van der Waals surface area contributed by atoms with Crippen molar-refractivity contribution in [3.63, 3.8) is 0 Å². The number of nitrogens with one attached hydrogen (secondary N) is 1. The monoisotopic (exact) mass is 654 g/mol. The van der Waals surface area contributed by atoms with Crippen LogP contribution in [-0.4, -0.2) is 77.9 Å². The molecule has 15 heteroatoms. The maximum absolute atomic E-state index is 14.8. The molecule has 3 aromatic carbocycles. The Hall–Kier alpha value is -4.86. The summed E-state index contributed by atoms with van der Waals surface area (Å²) in [7, 11) is -4.26. The van der Waals surface area contributed by atoms with E-state index in [-0.39, 0.29) is 50.5 Å². The molecule has 3 N–H and O–H groups in total. The van der Waals surface area contributed by atoms with Gasteiger partial charge in [-0.15, -0.1) is 6.58 Å². The van der Waals surface area contributed by atoms with Crippen molar-refractivity contribution in [1.29, 1.82) is 0 Å². The summed E-state index contributed by atoms with van der Waals surface area (Å²) in [4.78, 5) is 44.2. The number of urea groups is 1. The van der Waals surface area contributed by atoms with E-state index in [9.17, 15) is 31.6 Å². The van der Waals surface area contributed by atoms with Crippen molar-refractivity contribution in [3.8, 4) is 5.75 Å². The SMILES string of the molecule is C=CCN1CC(=O)N2[C@@H](Cc3ccc(OS(N)(=O)=O)cc3)C(=O)N(Cc3ccc(F)cc3F)C[C@@H]2N1C(=O)NCc1ccccc1. The van der Waals surface area contributed by atoms with E-state index in [0.29, 0.717) is 5.56 Å². The largest absolute Gasteiger partial charge is 0.380 e. The van der Waals surface area contributed by atoms with E-state index >= 15 is 0 Å². The summed E-state index contributed by atoms with van der Waals surface area (Å²) >= 11 is 0. The molecule has 242 valence electrons. The zero-order valence-corrected chi connectivity index (χ0v) is 25.4. The first kappa shape index (κ1) is 32.5. The zero-order chi connectivity index (χ0) is 33.0. The molecule has 0 spiro atoms. The number of rotatable bonds is 10. The number of hydrogen-bond acceptors (Lipinski definition) is 7. The number of nitrogens with zero attached hydrogens (tertiary/aromatic N) is 4. The fourth-order valence-electron chi connectivity index (χ4n) is 5.59. The number of halogens is 2. The second-order valence-electron chi connectivity index (χ2n) is 10.8. The normalized spacial score (nSPS) is 18.7. The van der Waals surface area contributed by atoms with E-state index in [1.54, 1.807) is 6.08 Å². The highest BCUT2D eigenvalue weighted by atomic mass is 32.2. The minimum Gasteiger partial charge on any atom is -0.371 e. The van der Waals surface area contributed by atoms with Gasteiger partial charge < -0.3 is 19.3 Å². The highest BCUT2D eigenvalue weighted by molar-refractivity contribution is 7.84. The molecule has 0 aromatic heterocycles. The Balaban J connectivity index is 1.49. The number of amides is 4. The molecule has 5 rings (SSSR count). The second-order valence-corrected chi connectivity index (χ2v) is 12.0. The van der Waals surface area contributed by atoms with Gasteiger partial charge in [-0.2, -0.15) is 13.6 Å². The van der Waals surface area contributed by atoms with Crippen molar-refractivity contribution in [2.75, 3.05) is 19.6 Å². The van der Waals surface area contributed by atoms with Gasteiger partial charge in [0, 0.05) is 37.7 Å². The van der Waals surface area contributed by atoms with Gasteiger partial charge in [-0.1, -0.05) is 54.6 Å². The molecular weight excluding hydrogens is 622 g/mol. The summed E-state index contributed by atoms with van der Waals surface area (Å²) in [6, 6.07) is 16.3. The Morgan fingerprint density at radius 3 is 2.41 bits per heavy atom. The van der Waals surface area contributed by atoms with Gasteiger partial charge in [0.05, 0.1) is 13.1 Å². The first-order valence-corrected chi connectivity index (χ1v) is 15.7. The number of fused-ring (bicyclic) bond motifs is 1. The van der Waals surface area contributed by atoms with Gasteiger partial charge in [-0.3, -0.25) is 9.59 Å². The molecular formula is C31H32F2N6O6S. The summed E-state index contributed by atoms with van der Waals surface area (Å²) < 4.78 is 55.7. The van der Waals surface area contributed by atoms with Crippen LogP contribution in [0.2, 0.25) is 0 Å². The van der Waals surface area contributed by atoms with Crippen molar-refractivity contribution in [2.24, 2.45) is 5.14 Å². The van der Waals surface area contributed by atoms with Gasteiger partial charge in [0.15, 0.2) is 0 Å². The molecule has 0 bridgehead atoms. The smallest absolute Gasteiger partial charge is 0.371 e. The Morgan fingerprint density at radius 1 is 1.04 bits per heavy atom. The summed E-state index contributed by atoms with van der Waals surface area (Å²) in [5.74, 6) is -2.60. The Kier molecular flexibility index (Phi) is 9.65. The molecule has 2 aliphatic heterocycles. The quantitative estimate of drug-likeness (QED) is 0.319. The predicted octanol–water partition coefficient (Wildman–Crippen LogP) is 2.28. The molecule has 4 amide bonds. The van der Waals surface area contributed by atoms with E-state index in [1.165, 1.54) is 50.1 Å². The highest BCUT2D eigenvalue weighted by Crippen LogP contribution is 2.30. The average Bonchev–Trinajstić information content (AvgIpc) is 3.00. The third-order valence-corrected chi connectivity index (χ3v) is 8.03. The third-order valence-electron chi connectivity index (χ3n) is 7.61. The van der Waals surface area contributed by atoms with Crippen LogP contribution in [0.1, 0.15) is 16.7 Å². The summed E-state index contributed by atoms with van der Waals surface area (Å²) in [6.45, 7) is 3.46. The first-order chi connectivity index (χ1) is 21.9. The van der Waals surface area contributed by atoms with Crippen LogP contribution in [0.25, 0.3) is 0 Å². The lowest BCUT2D eigenvalue weighted by Gasteiger charge is -2.55. The van der Waals surface area contributed by atoms with Crippen molar-refractivity contribution >= 4 is 28.1 Å². The van der Waals surface area contributed by atoms with Crippen LogP contribution in [0, 0.1) is 11.6 Å². The molecule has 2 saturated heterocycles. The van der Waals surface area contributed by atoms with Gasteiger partial charge in [-0.05, 0) is 29.3 Å². The third kappa shape index (κ3) is 7.50. The fraction of sp³-hybridized carbons (Fsp3) is 0.258. The summed E-state index contributed by atoms with van der Waals surface area (Å²) in [6.07, 6.45) is 0.524. The molecule has 0 saturated carbocycles. The predicted molar refractivity (Wildman–Crippen MR) is 162 cm³/mol. The topological polar surface area (TPSA) is 146 Å². The van der Waals surface area contributed by atoms with E-state index in [1.807, 2.05) is 30.3 Å². The van der Waals surface area contributed by atoms with Crippen LogP contribution in [0.3, 0.4) is 0 Å². The lowest BCUT2D eigenvalue weighted by Crippen LogP contribution is -2.76. The van der Waals surface area contributed by atoms with Crippen LogP contribution >= 0.6 is 0 Å². The van der Waals surface area contributed by atoms with Gasteiger partial charge in [-0.25, -0.2) is 23.6 Å². The molecule has 0 radical (unpaired) electrons. The average molecular weight is 655 g/mol. The molecule has 2 heterocycles. The molecule has 2 aliphatic rings. The minimum absolute atomic E-state index is 0.0277. The number of carbonyl (C=O) groups is 3. The molecule has 0 aliphatic carbocycles. The summed E-state index contributed by atoms with van der Waals surface area (Å²) in [5.41, 5.74) is 1.43. The lowest BCUT2D eigenvalue weighted by molar-refractivity contribution is -0.189. The molecule has 12 nitrogen and oxygen atoms in total. The van der Waals surface area contributed by atoms with Crippen molar-refractivity contribution in [1.82, 2.24) is 25.1 Å². The first-order valence-electron chi connectivity index (χ1n) is 14.3.